The van der Waals surface area contributed by atoms with Gasteiger partial charge in [0.2, 0.25) is 5.91 Å². The Bertz CT molecular complexity index is 738. The third kappa shape index (κ3) is 5.28. The summed E-state index contributed by atoms with van der Waals surface area (Å²) in [6.45, 7) is 1.73. The van der Waals surface area contributed by atoms with Crippen LogP contribution in [-0.2, 0) is 16.0 Å². The second-order valence-electron chi connectivity index (χ2n) is 5.17. The molecule has 0 fully saturated rings. The smallest absolute Gasteiger partial charge is 0.352 e. The first-order valence-electron chi connectivity index (χ1n) is 7.54. The highest BCUT2D eigenvalue weighted by Crippen LogP contribution is 2.21. The highest BCUT2D eigenvalue weighted by atomic mass is 16.5. The Labute approximate surface area is 140 Å². The minimum absolute atomic E-state index is 0.193. The molecule has 0 spiro atoms. The largest absolute Gasteiger partial charge is 0.493 e. The number of ether oxygens (including phenoxy) is 1. The normalized spacial score (nSPS) is 11.0. The van der Waals surface area contributed by atoms with E-state index in [1.165, 1.54) is 13.0 Å². The molecule has 0 unspecified atom stereocenters. The molecular formula is C19H19NO4. The van der Waals surface area contributed by atoms with Crippen molar-refractivity contribution in [1.82, 2.24) is 5.32 Å². The van der Waals surface area contributed by atoms with E-state index in [1.807, 2.05) is 36.4 Å². The molecule has 0 saturated carbocycles. The van der Waals surface area contributed by atoms with Crippen LogP contribution in [0.4, 0.5) is 0 Å². The Morgan fingerprint density at radius 2 is 1.75 bits per heavy atom. The van der Waals surface area contributed by atoms with Crippen molar-refractivity contribution in [2.24, 2.45) is 0 Å². The number of amides is 1. The van der Waals surface area contributed by atoms with E-state index in [9.17, 15) is 14.7 Å². The molecule has 1 amide bonds. The SMILES string of the molecule is CC(=O)N/C(=C/c1ccccc1OCCc1ccccc1)C(=O)O. The molecule has 0 aromatic heterocycles. The number of para-hydroxylation sites is 1. The van der Waals surface area contributed by atoms with Gasteiger partial charge in [0.25, 0.3) is 0 Å². The van der Waals surface area contributed by atoms with Gasteiger partial charge in [0, 0.05) is 18.9 Å². The van der Waals surface area contributed by atoms with E-state index in [0.29, 0.717) is 17.9 Å². The van der Waals surface area contributed by atoms with Crippen molar-refractivity contribution in [3.05, 3.63) is 71.4 Å². The number of rotatable bonds is 7. The molecule has 0 bridgehead atoms. The lowest BCUT2D eigenvalue weighted by Gasteiger charge is -2.10. The van der Waals surface area contributed by atoms with Crippen LogP contribution in [0.25, 0.3) is 6.08 Å². The zero-order chi connectivity index (χ0) is 17.4. The third-order valence-electron chi connectivity index (χ3n) is 3.25. The first-order valence-corrected chi connectivity index (χ1v) is 7.54. The molecule has 5 nitrogen and oxygen atoms in total. The lowest BCUT2D eigenvalue weighted by molar-refractivity contribution is -0.134. The maximum Gasteiger partial charge on any atom is 0.352 e. The average molecular weight is 325 g/mol. The van der Waals surface area contributed by atoms with Gasteiger partial charge in [-0.2, -0.15) is 0 Å². The van der Waals surface area contributed by atoms with Crippen molar-refractivity contribution in [3.63, 3.8) is 0 Å². The molecular weight excluding hydrogens is 306 g/mol. The summed E-state index contributed by atoms with van der Waals surface area (Å²) in [5.41, 5.74) is 1.56. The molecule has 0 aliphatic rings. The predicted molar refractivity (Wildman–Crippen MR) is 91.5 cm³/mol. The number of aliphatic carboxylic acids is 1. The maximum atomic E-state index is 11.2. The van der Waals surface area contributed by atoms with Gasteiger partial charge in [-0.3, -0.25) is 4.79 Å². The van der Waals surface area contributed by atoms with Crippen molar-refractivity contribution >= 4 is 18.0 Å². The van der Waals surface area contributed by atoms with Gasteiger partial charge in [-0.05, 0) is 17.7 Å². The van der Waals surface area contributed by atoms with Crippen molar-refractivity contribution in [2.75, 3.05) is 6.61 Å². The highest BCUT2D eigenvalue weighted by Gasteiger charge is 2.10. The first-order chi connectivity index (χ1) is 11.6. The molecule has 2 N–H and O–H groups in total. The van der Waals surface area contributed by atoms with Crippen molar-refractivity contribution in [3.8, 4) is 5.75 Å². The third-order valence-corrected chi connectivity index (χ3v) is 3.25. The van der Waals surface area contributed by atoms with E-state index in [4.69, 9.17) is 4.74 Å². The zero-order valence-electron chi connectivity index (χ0n) is 13.4. The minimum atomic E-state index is -1.20. The van der Waals surface area contributed by atoms with Gasteiger partial charge in [0.15, 0.2) is 0 Å². The molecule has 0 heterocycles. The zero-order valence-corrected chi connectivity index (χ0v) is 13.4. The van der Waals surface area contributed by atoms with Crippen LogP contribution in [0, 0.1) is 0 Å². The second-order valence-corrected chi connectivity index (χ2v) is 5.17. The van der Waals surface area contributed by atoms with Gasteiger partial charge in [0.05, 0.1) is 6.61 Å². The number of benzene rings is 2. The first kappa shape index (κ1) is 17.3. The molecule has 5 heteroatoms. The number of carbonyl (C=O) groups is 2. The Hall–Kier alpha value is -3.08. The molecule has 2 aromatic carbocycles. The van der Waals surface area contributed by atoms with Gasteiger partial charge in [-0.1, -0.05) is 48.5 Å². The number of hydrogen-bond donors (Lipinski definition) is 2. The summed E-state index contributed by atoms with van der Waals surface area (Å²) in [5, 5.41) is 11.5. The molecule has 24 heavy (non-hydrogen) atoms. The lowest BCUT2D eigenvalue weighted by Crippen LogP contribution is -2.24. The van der Waals surface area contributed by atoms with E-state index in [1.54, 1.807) is 18.2 Å². The van der Waals surface area contributed by atoms with E-state index in [0.717, 1.165) is 12.0 Å². The van der Waals surface area contributed by atoms with Crippen LogP contribution in [-0.4, -0.2) is 23.6 Å². The van der Waals surface area contributed by atoms with Gasteiger partial charge in [-0.25, -0.2) is 4.79 Å². The van der Waals surface area contributed by atoms with Gasteiger partial charge in [0.1, 0.15) is 11.4 Å². The molecule has 0 radical (unpaired) electrons. The Morgan fingerprint density at radius 1 is 1.08 bits per heavy atom. The molecule has 0 saturated heterocycles. The summed E-state index contributed by atoms with van der Waals surface area (Å²) >= 11 is 0. The number of hydrogen-bond acceptors (Lipinski definition) is 3. The quantitative estimate of drug-likeness (QED) is 0.768. The van der Waals surface area contributed by atoms with Crippen LogP contribution in [0.3, 0.4) is 0 Å². The fraction of sp³-hybridized carbons (Fsp3) is 0.158. The summed E-state index contributed by atoms with van der Waals surface area (Å²) in [6.07, 6.45) is 2.14. The van der Waals surface area contributed by atoms with Gasteiger partial charge >= 0.3 is 5.97 Å². The summed E-state index contributed by atoms with van der Waals surface area (Å²) in [6, 6.07) is 17.0. The van der Waals surface area contributed by atoms with Gasteiger partial charge < -0.3 is 15.2 Å². The monoisotopic (exact) mass is 325 g/mol. The Kier molecular flexibility index (Phi) is 6.14. The number of carboxylic acid groups (broad SMARTS) is 1. The molecule has 2 aromatic rings. The Balaban J connectivity index is 2.11. The van der Waals surface area contributed by atoms with Crippen LogP contribution < -0.4 is 10.1 Å². The van der Waals surface area contributed by atoms with E-state index >= 15 is 0 Å². The van der Waals surface area contributed by atoms with Crippen molar-refractivity contribution in [1.29, 1.82) is 0 Å². The standard InChI is InChI=1S/C19H19NO4/c1-14(21)20-17(19(22)23)13-16-9-5-6-10-18(16)24-12-11-15-7-3-2-4-8-15/h2-10,13H,11-12H2,1H3,(H,20,21)(H,22,23)/b17-13+. The van der Waals surface area contributed by atoms with Crippen molar-refractivity contribution in [2.45, 2.75) is 13.3 Å². The number of carbonyl (C=O) groups excluding carboxylic acids is 1. The molecule has 2 rings (SSSR count). The summed E-state index contributed by atoms with van der Waals surface area (Å²) in [5.74, 6) is -1.08. The lowest BCUT2D eigenvalue weighted by atomic mass is 10.1. The van der Waals surface area contributed by atoms with Crippen LogP contribution in [0.2, 0.25) is 0 Å². The second kappa shape index (κ2) is 8.53. The Morgan fingerprint density at radius 3 is 2.42 bits per heavy atom. The van der Waals surface area contributed by atoms with E-state index in [-0.39, 0.29) is 5.70 Å². The molecule has 0 aliphatic heterocycles. The fourth-order valence-electron chi connectivity index (χ4n) is 2.15. The van der Waals surface area contributed by atoms with Crippen LogP contribution in [0.1, 0.15) is 18.1 Å². The predicted octanol–water partition coefficient (Wildman–Crippen LogP) is 2.87. The summed E-state index contributed by atoms with van der Waals surface area (Å²) in [4.78, 5) is 22.3. The van der Waals surface area contributed by atoms with Crippen LogP contribution in [0.5, 0.6) is 5.75 Å². The number of nitrogens with one attached hydrogen (secondary N) is 1. The topological polar surface area (TPSA) is 75.6 Å². The van der Waals surface area contributed by atoms with Crippen LogP contribution >= 0.6 is 0 Å². The minimum Gasteiger partial charge on any atom is -0.493 e. The molecule has 0 atom stereocenters. The highest BCUT2D eigenvalue weighted by molar-refractivity contribution is 5.96. The number of carboxylic acids is 1. The summed E-state index contributed by atoms with van der Waals surface area (Å²) < 4.78 is 5.78. The fourth-order valence-corrected chi connectivity index (χ4v) is 2.15. The average Bonchev–Trinajstić information content (AvgIpc) is 2.56. The van der Waals surface area contributed by atoms with Crippen molar-refractivity contribution < 1.29 is 19.4 Å². The van der Waals surface area contributed by atoms with Crippen LogP contribution in [0.15, 0.2) is 60.3 Å². The van der Waals surface area contributed by atoms with E-state index in [2.05, 4.69) is 5.32 Å². The molecule has 124 valence electrons. The maximum absolute atomic E-state index is 11.2. The molecule has 0 aliphatic carbocycles. The summed E-state index contributed by atoms with van der Waals surface area (Å²) in [7, 11) is 0. The van der Waals surface area contributed by atoms with Gasteiger partial charge in [-0.15, -0.1) is 0 Å². The van der Waals surface area contributed by atoms with E-state index < -0.39 is 11.9 Å².